The summed E-state index contributed by atoms with van der Waals surface area (Å²) in [5, 5.41) is 5.39. The molecule has 0 aliphatic carbocycles. The highest BCUT2D eigenvalue weighted by atomic mass is 32.2. The van der Waals surface area contributed by atoms with Crippen molar-refractivity contribution in [2.75, 3.05) is 52.3 Å². The molecule has 0 spiro atoms. The van der Waals surface area contributed by atoms with E-state index in [4.69, 9.17) is 19.9 Å². The van der Waals surface area contributed by atoms with Gasteiger partial charge in [0.1, 0.15) is 24.4 Å². The summed E-state index contributed by atoms with van der Waals surface area (Å²) >= 11 is 1.50. The highest BCUT2D eigenvalue weighted by molar-refractivity contribution is 7.99. The van der Waals surface area contributed by atoms with E-state index in [0.717, 1.165) is 0 Å². The van der Waals surface area contributed by atoms with E-state index in [0.29, 0.717) is 50.8 Å². The number of nitrogens with one attached hydrogen (secondary N) is 2. The fourth-order valence-electron chi connectivity index (χ4n) is 2.22. The first-order valence-corrected chi connectivity index (χ1v) is 11.4. The van der Waals surface area contributed by atoms with Gasteiger partial charge < -0.3 is 30.6 Å². The van der Waals surface area contributed by atoms with E-state index in [2.05, 4.69) is 22.5 Å². The van der Waals surface area contributed by atoms with Gasteiger partial charge in [0.25, 0.3) is 5.91 Å². The van der Waals surface area contributed by atoms with Gasteiger partial charge in [-0.3, -0.25) is 9.59 Å². The predicted molar refractivity (Wildman–Crippen MR) is 123 cm³/mol. The number of benzene rings is 1. The first kappa shape index (κ1) is 26.8. The van der Waals surface area contributed by atoms with Crippen LogP contribution in [0.5, 0.6) is 5.75 Å². The molecule has 0 fully saturated rings. The van der Waals surface area contributed by atoms with Gasteiger partial charge in [-0.05, 0) is 24.5 Å². The van der Waals surface area contributed by atoms with E-state index < -0.39 is 0 Å². The van der Waals surface area contributed by atoms with Gasteiger partial charge in [0.05, 0.1) is 19.8 Å². The van der Waals surface area contributed by atoms with Crippen LogP contribution in [0.15, 0.2) is 24.3 Å². The zero-order valence-corrected chi connectivity index (χ0v) is 19.3. The molecule has 1 atom stereocenters. The molecular weight excluding hydrogens is 418 g/mol. The molecule has 4 N–H and O–H groups in total. The Morgan fingerprint density at radius 2 is 2.03 bits per heavy atom. The molecule has 8 nitrogen and oxygen atoms in total. The van der Waals surface area contributed by atoms with Crippen molar-refractivity contribution in [1.82, 2.24) is 10.6 Å². The Labute approximate surface area is 188 Å². The highest BCUT2D eigenvalue weighted by Gasteiger charge is 2.11. The second kappa shape index (κ2) is 16.4. The van der Waals surface area contributed by atoms with Crippen LogP contribution in [0.25, 0.3) is 0 Å². The molecule has 1 unspecified atom stereocenters. The van der Waals surface area contributed by atoms with Crippen molar-refractivity contribution in [2.45, 2.75) is 19.3 Å². The van der Waals surface area contributed by atoms with Gasteiger partial charge in [0.15, 0.2) is 0 Å². The van der Waals surface area contributed by atoms with Crippen LogP contribution in [-0.2, 0) is 14.3 Å². The van der Waals surface area contributed by atoms with E-state index in [9.17, 15) is 9.59 Å². The molecule has 1 aromatic carbocycles. The molecule has 0 bridgehead atoms. The van der Waals surface area contributed by atoms with Gasteiger partial charge in [-0.2, -0.15) is 0 Å². The zero-order chi connectivity index (χ0) is 22.9. The third-order valence-electron chi connectivity index (χ3n) is 3.70. The SMILES string of the molecule is CSC(COc1cccc(C(=O)NCCN)c1)OCCOCC(=O)NCC#CC(C)C. The average molecular weight is 452 g/mol. The van der Waals surface area contributed by atoms with Crippen LogP contribution >= 0.6 is 11.8 Å². The third-order valence-corrected chi connectivity index (χ3v) is 4.50. The predicted octanol–water partition coefficient (Wildman–Crippen LogP) is 1.25. The molecule has 0 heterocycles. The molecule has 1 aromatic rings. The second-order valence-corrected chi connectivity index (χ2v) is 7.72. The molecule has 0 saturated carbocycles. The number of carbonyl (C=O) groups is 2. The van der Waals surface area contributed by atoms with Crippen molar-refractivity contribution in [3.05, 3.63) is 29.8 Å². The van der Waals surface area contributed by atoms with Crippen LogP contribution in [0, 0.1) is 17.8 Å². The number of thioether (sulfide) groups is 1. The molecule has 0 aromatic heterocycles. The topological polar surface area (TPSA) is 112 Å². The summed E-state index contributed by atoms with van der Waals surface area (Å²) in [6, 6.07) is 6.93. The minimum absolute atomic E-state index is 0.0355. The molecule has 0 aliphatic rings. The Morgan fingerprint density at radius 3 is 2.74 bits per heavy atom. The van der Waals surface area contributed by atoms with Crippen LogP contribution < -0.4 is 21.1 Å². The molecule has 9 heteroatoms. The van der Waals surface area contributed by atoms with Crippen LogP contribution in [0.2, 0.25) is 0 Å². The standard InChI is InChI=1S/C22H33N3O5S/c1-17(2)6-5-10-24-20(26)15-28-12-13-29-21(31-3)16-30-19-8-4-7-18(14-19)22(27)25-11-9-23/h4,7-8,14,17,21H,9-13,15-16,23H2,1-3H3,(H,24,26)(H,25,27). The number of rotatable bonds is 14. The molecule has 0 radical (unpaired) electrons. The van der Waals surface area contributed by atoms with Crippen LogP contribution in [0.3, 0.4) is 0 Å². The van der Waals surface area contributed by atoms with Gasteiger partial charge in [0.2, 0.25) is 5.91 Å². The summed E-state index contributed by atoms with van der Waals surface area (Å²) in [5.74, 6) is 6.31. The molecule has 1 rings (SSSR count). The maximum atomic E-state index is 12.0. The molecular formula is C22H33N3O5S. The monoisotopic (exact) mass is 451 g/mol. The van der Waals surface area contributed by atoms with Crippen LogP contribution in [0.4, 0.5) is 0 Å². The van der Waals surface area contributed by atoms with Crippen molar-refractivity contribution in [1.29, 1.82) is 0 Å². The van der Waals surface area contributed by atoms with Crippen LogP contribution in [0.1, 0.15) is 24.2 Å². The molecule has 0 aliphatic heterocycles. The summed E-state index contributed by atoms with van der Waals surface area (Å²) in [4.78, 5) is 23.6. The van der Waals surface area contributed by atoms with Gasteiger partial charge in [0, 0.05) is 24.6 Å². The molecule has 0 saturated heterocycles. The maximum absolute atomic E-state index is 12.0. The van der Waals surface area contributed by atoms with E-state index in [1.807, 2.05) is 20.1 Å². The zero-order valence-electron chi connectivity index (χ0n) is 18.4. The second-order valence-electron chi connectivity index (χ2n) is 6.72. The largest absolute Gasteiger partial charge is 0.490 e. The number of nitrogens with two attached hydrogens (primary N) is 1. The Balaban J connectivity index is 2.26. The Morgan fingerprint density at radius 1 is 1.23 bits per heavy atom. The van der Waals surface area contributed by atoms with Crippen molar-refractivity contribution >= 4 is 23.6 Å². The average Bonchev–Trinajstić information content (AvgIpc) is 2.77. The summed E-state index contributed by atoms with van der Waals surface area (Å²) in [6.07, 6.45) is 1.91. The fourth-order valence-corrected chi connectivity index (χ4v) is 2.65. The normalized spacial score (nSPS) is 11.4. The van der Waals surface area contributed by atoms with Crippen LogP contribution in [-0.4, -0.2) is 69.6 Å². The number of carbonyl (C=O) groups excluding carboxylic acids is 2. The number of hydrogen-bond donors (Lipinski definition) is 3. The van der Waals surface area contributed by atoms with Crippen molar-refractivity contribution in [2.24, 2.45) is 11.7 Å². The number of amides is 2. The van der Waals surface area contributed by atoms with Crippen molar-refractivity contribution in [3.63, 3.8) is 0 Å². The minimum Gasteiger partial charge on any atom is -0.490 e. The van der Waals surface area contributed by atoms with E-state index in [1.165, 1.54) is 11.8 Å². The first-order valence-electron chi connectivity index (χ1n) is 10.1. The lowest BCUT2D eigenvalue weighted by molar-refractivity contribution is -0.126. The van der Waals surface area contributed by atoms with Gasteiger partial charge in [-0.15, -0.1) is 11.8 Å². The smallest absolute Gasteiger partial charge is 0.251 e. The van der Waals surface area contributed by atoms with Crippen molar-refractivity contribution < 1.29 is 23.8 Å². The Hall–Kier alpha value is -2.25. The fraction of sp³-hybridized carbons (Fsp3) is 0.545. The van der Waals surface area contributed by atoms with Gasteiger partial charge >= 0.3 is 0 Å². The van der Waals surface area contributed by atoms with Gasteiger partial charge in [-0.25, -0.2) is 0 Å². The quantitative estimate of drug-likeness (QED) is 0.222. The summed E-state index contributed by atoms with van der Waals surface area (Å²) in [6.45, 7) is 6.00. The number of hydrogen-bond acceptors (Lipinski definition) is 7. The van der Waals surface area contributed by atoms with Crippen molar-refractivity contribution in [3.8, 4) is 17.6 Å². The summed E-state index contributed by atoms with van der Waals surface area (Å²) in [7, 11) is 0. The van der Waals surface area contributed by atoms with E-state index in [-0.39, 0.29) is 29.8 Å². The summed E-state index contributed by atoms with van der Waals surface area (Å²) < 4.78 is 16.8. The maximum Gasteiger partial charge on any atom is 0.251 e. The molecule has 2 amide bonds. The van der Waals surface area contributed by atoms with E-state index >= 15 is 0 Å². The molecule has 172 valence electrons. The lowest BCUT2D eigenvalue weighted by Crippen LogP contribution is -2.29. The lowest BCUT2D eigenvalue weighted by Gasteiger charge is -2.17. The Kier molecular flexibility index (Phi) is 14.2. The van der Waals surface area contributed by atoms with E-state index in [1.54, 1.807) is 24.3 Å². The number of ether oxygens (including phenoxy) is 3. The Bertz CT molecular complexity index is 733. The minimum atomic E-state index is -0.210. The molecule has 31 heavy (non-hydrogen) atoms. The highest BCUT2D eigenvalue weighted by Crippen LogP contribution is 2.16. The lowest BCUT2D eigenvalue weighted by atomic mass is 10.2. The van der Waals surface area contributed by atoms with Gasteiger partial charge in [-0.1, -0.05) is 31.8 Å². The summed E-state index contributed by atoms with van der Waals surface area (Å²) in [5.41, 5.74) is 5.70. The third kappa shape index (κ3) is 12.9. The first-order chi connectivity index (χ1) is 15.0.